The molecule has 0 amide bonds. The molecule has 0 radical (unpaired) electrons. The predicted molar refractivity (Wildman–Crippen MR) is 70.2 cm³/mol. The Kier molecular flexibility index (Phi) is 3.82. The van der Waals surface area contributed by atoms with Gasteiger partial charge in [0, 0.05) is 11.8 Å². The maximum absolute atomic E-state index is 9.08. The third-order valence-corrected chi connectivity index (χ3v) is 2.47. The van der Waals surface area contributed by atoms with Crippen LogP contribution in [0.3, 0.4) is 0 Å². The van der Waals surface area contributed by atoms with E-state index in [2.05, 4.69) is 9.97 Å². The number of aryl methyl sites for hydroxylation is 1. The SMILES string of the molecule is COc1cc(CO)ccc1Oc1cc(C)nc(N)n1. The molecule has 0 aliphatic carbocycles. The van der Waals surface area contributed by atoms with Crippen LogP contribution in [-0.2, 0) is 6.61 Å². The van der Waals surface area contributed by atoms with E-state index in [9.17, 15) is 0 Å². The van der Waals surface area contributed by atoms with Crippen molar-refractivity contribution in [1.82, 2.24) is 9.97 Å². The summed E-state index contributed by atoms with van der Waals surface area (Å²) in [6.45, 7) is 1.74. The van der Waals surface area contributed by atoms with Gasteiger partial charge in [-0.2, -0.15) is 4.98 Å². The molecule has 2 rings (SSSR count). The van der Waals surface area contributed by atoms with Crippen molar-refractivity contribution in [2.45, 2.75) is 13.5 Å². The van der Waals surface area contributed by atoms with Gasteiger partial charge < -0.3 is 20.3 Å². The number of anilines is 1. The highest BCUT2D eigenvalue weighted by Crippen LogP contribution is 2.31. The second-order valence-electron chi connectivity index (χ2n) is 3.95. The lowest BCUT2D eigenvalue weighted by Gasteiger charge is -2.11. The van der Waals surface area contributed by atoms with Crippen LogP contribution >= 0.6 is 0 Å². The monoisotopic (exact) mass is 261 g/mol. The number of nitrogens with two attached hydrogens (primary N) is 1. The fourth-order valence-electron chi connectivity index (χ4n) is 1.62. The largest absolute Gasteiger partial charge is 0.493 e. The lowest BCUT2D eigenvalue weighted by molar-refractivity contribution is 0.280. The topological polar surface area (TPSA) is 90.5 Å². The molecule has 0 aliphatic heterocycles. The summed E-state index contributed by atoms with van der Waals surface area (Å²) >= 11 is 0. The molecule has 3 N–H and O–H groups in total. The second-order valence-corrected chi connectivity index (χ2v) is 3.95. The van der Waals surface area contributed by atoms with E-state index in [-0.39, 0.29) is 12.6 Å². The fourth-order valence-corrected chi connectivity index (χ4v) is 1.62. The number of rotatable bonds is 4. The van der Waals surface area contributed by atoms with Gasteiger partial charge in [0.15, 0.2) is 11.5 Å². The number of aliphatic hydroxyl groups excluding tert-OH is 1. The average molecular weight is 261 g/mol. The van der Waals surface area contributed by atoms with Crippen molar-refractivity contribution in [3.05, 3.63) is 35.5 Å². The summed E-state index contributed by atoms with van der Waals surface area (Å²) in [5, 5.41) is 9.08. The maximum atomic E-state index is 9.08. The minimum atomic E-state index is -0.0593. The zero-order valence-electron chi connectivity index (χ0n) is 10.8. The molecule has 100 valence electrons. The van der Waals surface area contributed by atoms with E-state index in [1.807, 2.05) is 0 Å². The summed E-state index contributed by atoms with van der Waals surface area (Å²) in [7, 11) is 1.53. The third-order valence-electron chi connectivity index (χ3n) is 2.47. The molecule has 0 spiro atoms. The van der Waals surface area contributed by atoms with E-state index in [1.54, 1.807) is 31.2 Å². The van der Waals surface area contributed by atoms with Crippen LogP contribution in [0.25, 0.3) is 0 Å². The number of nitrogen functional groups attached to an aromatic ring is 1. The van der Waals surface area contributed by atoms with Gasteiger partial charge >= 0.3 is 0 Å². The number of nitrogens with zero attached hydrogens (tertiary/aromatic N) is 2. The zero-order chi connectivity index (χ0) is 13.8. The molecule has 6 nitrogen and oxygen atoms in total. The van der Waals surface area contributed by atoms with E-state index in [0.29, 0.717) is 23.1 Å². The van der Waals surface area contributed by atoms with Gasteiger partial charge in [-0.3, -0.25) is 0 Å². The summed E-state index contributed by atoms with van der Waals surface area (Å²) in [4.78, 5) is 7.96. The Morgan fingerprint density at radius 2 is 2.00 bits per heavy atom. The van der Waals surface area contributed by atoms with Gasteiger partial charge in [-0.1, -0.05) is 6.07 Å². The number of methoxy groups -OCH3 is 1. The average Bonchev–Trinajstić information content (AvgIpc) is 2.38. The maximum Gasteiger partial charge on any atom is 0.224 e. The number of benzene rings is 1. The summed E-state index contributed by atoms with van der Waals surface area (Å²) < 4.78 is 10.8. The highest BCUT2D eigenvalue weighted by molar-refractivity contribution is 5.44. The first-order valence-corrected chi connectivity index (χ1v) is 5.69. The molecule has 0 saturated heterocycles. The molecular formula is C13H15N3O3. The lowest BCUT2D eigenvalue weighted by atomic mass is 10.2. The van der Waals surface area contributed by atoms with E-state index in [1.165, 1.54) is 7.11 Å². The molecular weight excluding hydrogens is 246 g/mol. The van der Waals surface area contributed by atoms with Crippen LogP contribution in [0.15, 0.2) is 24.3 Å². The normalized spacial score (nSPS) is 10.3. The van der Waals surface area contributed by atoms with Crippen molar-refractivity contribution in [2.24, 2.45) is 0 Å². The number of hydrogen-bond acceptors (Lipinski definition) is 6. The van der Waals surface area contributed by atoms with E-state index < -0.39 is 0 Å². The molecule has 19 heavy (non-hydrogen) atoms. The highest BCUT2D eigenvalue weighted by Gasteiger charge is 2.08. The van der Waals surface area contributed by atoms with Gasteiger partial charge in [-0.05, 0) is 24.6 Å². The molecule has 0 aliphatic rings. The zero-order valence-corrected chi connectivity index (χ0v) is 10.8. The molecule has 1 heterocycles. The van der Waals surface area contributed by atoms with Crippen molar-refractivity contribution in [1.29, 1.82) is 0 Å². The number of hydrogen-bond donors (Lipinski definition) is 2. The van der Waals surface area contributed by atoms with E-state index >= 15 is 0 Å². The van der Waals surface area contributed by atoms with Crippen molar-refractivity contribution in [3.8, 4) is 17.4 Å². The van der Waals surface area contributed by atoms with Gasteiger partial charge in [0.25, 0.3) is 0 Å². The van der Waals surface area contributed by atoms with Crippen LogP contribution in [0.5, 0.6) is 17.4 Å². The molecule has 0 bridgehead atoms. The quantitative estimate of drug-likeness (QED) is 0.869. The molecule has 1 aromatic carbocycles. The van der Waals surface area contributed by atoms with Crippen LogP contribution in [0.2, 0.25) is 0 Å². The Morgan fingerprint density at radius 1 is 1.21 bits per heavy atom. The first-order chi connectivity index (χ1) is 9.12. The molecule has 1 aromatic heterocycles. The number of ether oxygens (including phenoxy) is 2. The summed E-state index contributed by atoms with van der Waals surface area (Å²) in [5.41, 5.74) is 7.02. The van der Waals surface area contributed by atoms with E-state index in [0.717, 1.165) is 5.56 Å². The Morgan fingerprint density at radius 3 is 2.63 bits per heavy atom. The highest BCUT2D eigenvalue weighted by atomic mass is 16.5. The minimum Gasteiger partial charge on any atom is -0.493 e. The Hall–Kier alpha value is -2.34. The molecule has 0 saturated carbocycles. The van der Waals surface area contributed by atoms with Crippen molar-refractivity contribution in [3.63, 3.8) is 0 Å². The van der Waals surface area contributed by atoms with Gasteiger partial charge in [-0.25, -0.2) is 4.98 Å². The van der Waals surface area contributed by atoms with Crippen LogP contribution in [0.1, 0.15) is 11.3 Å². The van der Waals surface area contributed by atoms with Gasteiger partial charge in [0.2, 0.25) is 11.8 Å². The smallest absolute Gasteiger partial charge is 0.224 e. The van der Waals surface area contributed by atoms with Crippen molar-refractivity contribution < 1.29 is 14.6 Å². The summed E-state index contributed by atoms with van der Waals surface area (Å²) in [5.74, 6) is 1.51. The standard InChI is InChI=1S/C13H15N3O3/c1-8-5-12(16-13(14)15-8)19-10-4-3-9(7-17)6-11(10)18-2/h3-6,17H,7H2,1-2H3,(H2,14,15,16). The molecule has 0 unspecified atom stereocenters. The Balaban J connectivity index is 2.32. The first-order valence-electron chi connectivity index (χ1n) is 5.69. The predicted octanol–water partition coefficient (Wildman–Crippen LogP) is 1.66. The Labute approximate surface area is 110 Å². The summed E-state index contributed by atoms with van der Waals surface area (Å²) in [6.07, 6.45) is 0. The lowest BCUT2D eigenvalue weighted by Crippen LogP contribution is -1.99. The first kappa shape index (κ1) is 13.1. The van der Waals surface area contributed by atoms with Crippen molar-refractivity contribution >= 4 is 5.95 Å². The molecule has 2 aromatic rings. The second kappa shape index (κ2) is 5.53. The minimum absolute atomic E-state index is 0.0593. The van der Waals surface area contributed by atoms with Crippen molar-refractivity contribution in [2.75, 3.05) is 12.8 Å². The number of aromatic nitrogens is 2. The molecule has 0 atom stereocenters. The third kappa shape index (κ3) is 3.11. The molecule has 0 fully saturated rings. The molecule has 6 heteroatoms. The van der Waals surface area contributed by atoms with E-state index in [4.69, 9.17) is 20.3 Å². The summed E-state index contributed by atoms with van der Waals surface area (Å²) in [6, 6.07) is 6.83. The fraction of sp³-hybridized carbons (Fsp3) is 0.231. The van der Waals surface area contributed by atoms with Crippen LogP contribution in [0, 0.1) is 6.92 Å². The van der Waals surface area contributed by atoms with Crippen LogP contribution < -0.4 is 15.2 Å². The van der Waals surface area contributed by atoms with Gasteiger partial charge in [0.1, 0.15) is 0 Å². The van der Waals surface area contributed by atoms with Crippen LogP contribution in [-0.4, -0.2) is 22.2 Å². The Bertz CT molecular complexity index is 567. The van der Waals surface area contributed by atoms with Gasteiger partial charge in [-0.15, -0.1) is 0 Å². The number of aliphatic hydroxyl groups is 1. The van der Waals surface area contributed by atoms with Crippen LogP contribution in [0.4, 0.5) is 5.95 Å². The van der Waals surface area contributed by atoms with Gasteiger partial charge in [0.05, 0.1) is 13.7 Å².